The quantitative estimate of drug-likeness (QED) is 0.815. The highest BCUT2D eigenvalue weighted by Crippen LogP contribution is 2.27. The first-order valence-corrected chi connectivity index (χ1v) is 6.18. The van der Waals surface area contributed by atoms with E-state index in [-0.39, 0.29) is 12.6 Å². The van der Waals surface area contributed by atoms with Crippen LogP contribution in [0.1, 0.15) is 30.6 Å². The fraction of sp³-hybridized carbons (Fsp3) is 0.462. The second-order valence-corrected chi connectivity index (χ2v) is 4.62. The number of hydrogen-bond acceptors (Lipinski definition) is 3. The third kappa shape index (κ3) is 3.22. The minimum atomic E-state index is -1.71. The Morgan fingerprint density at radius 1 is 1.35 bits per heavy atom. The SMILES string of the molecule is CC(C)N(CCCN)C(=O)c1cc(F)c(F)c(O)c1F. The molecule has 0 saturated carbocycles. The lowest BCUT2D eigenvalue weighted by atomic mass is 10.1. The average Bonchev–Trinajstić information content (AvgIpc) is 2.40. The number of carbonyl (C=O) groups excluding carboxylic acids is 1. The van der Waals surface area contributed by atoms with Crippen LogP contribution in [0.5, 0.6) is 5.75 Å². The van der Waals surface area contributed by atoms with Crippen LogP contribution in [0.3, 0.4) is 0 Å². The molecule has 20 heavy (non-hydrogen) atoms. The number of carbonyl (C=O) groups is 1. The highest BCUT2D eigenvalue weighted by atomic mass is 19.2. The first-order chi connectivity index (χ1) is 9.31. The van der Waals surface area contributed by atoms with Crippen molar-refractivity contribution in [2.24, 2.45) is 5.73 Å². The maximum atomic E-state index is 13.7. The highest BCUT2D eigenvalue weighted by molar-refractivity contribution is 5.95. The number of phenolic OH excluding ortho intramolecular Hbond substituents is 1. The molecule has 1 aromatic carbocycles. The van der Waals surface area contributed by atoms with E-state index < -0.39 is 34.7 Å². The standard InChI is InChI=1S/C13H17F3N2O2/c1-7(2)18(5-3-4-17)13(20)8-6-9(14)11(16)12(19)10(8)15/h6-7,19H,3-5,17H2,1-2H3. The topological polar surface area (TPSA) is 66.6 Å². The molecule has 0 saturated heterocycles. The second-order valence-electron chi connectivity index (χ2n) is 4.62. The Balaban J connectivity index is 3.18. The zero-order valence-corrected chi connectivity index (χ0v) is 11.3. The van der Waals surface area contributed by atoms with Gasteiger partial charge in [-0.1, -0.05) is 0 Å². The van der Waals surface area contributed by atoms with Crippen LogP contribution in [-0.2, 0) is 0 Å². The molecule has 1 rings (SSSR count). The molecule has 4 nitrogen and oxygen atoms in total. The molecule has 0 fully saturated rings. The van der Waals surface area contributed by atoms with Crippen molar-refractivity contribution in [2.45, 2.75) is 26.3 Å². The van der Waals surface area contributed by atoms with Gasteiger partial charge in [0.2, 0.25) is 5.82 Å². The molecule has 1 aromatic rings. The molecule has 1 amide bonds. The Hall–Kier alpha value is -1.76. The van der Waals surface area contributed by atoms with Crippen LogP contribution in [-0.4, -0.2) is 35.0 Å². The van der Waals surface area contributed by atoms with Crippen molar-refractivity contribution >= 4 is 5.91 Å². The van der Waals surface area contributed by atoms with E-state index >= 15 is 0 Å². The van der Waals surface area contributed by atoms with E-state index in [1.807, 2.05) is 0 Å². The number of aromatic hydroxyl groups is 1. The molecule has 0 radical (unpaired) electrons. The van der Waals surface area contributed by atoms with Gasteiger partial charge in [-0.15, -0.1) is 0 Å². The molecular weight excluding hydrogens is 273 g/mol. The largest absolute Gasteiger partial charge is 0.503 e. The summed E-state index contributed by atoms with van der Waals surface area (Å²) >= 11 is 0. The third-order valence-electron chi connectivity index (χ3n) is 2.85. The van der Waals surface area contributed by atoms with Gasteiger partial charge >= 0.3 is 0 Å². The van der Waals surface area contributed by atoms with E-state index in [9.17, 15) is 18.0 Å². The minimum Gasteiger partial charge on any atom is -0.503 e. The van der Waals surface area contributed by atoms with Crippen molar-refractivity contribution in [3.8, 4) is 5.75 Å². The molecule has 0 aliphatic carbocycles. The van der Waals surface area contributed by atoms with Gasteiger partial charge in [0.25, 0.3) is 5.91 Å². The van der Waals surface area contributed by atoms with Gasteiger partial charge in [-0.25, -0.2) is 8.78 Å². The molecule has 0 aromatic heterocycles. The van der Waals surface area contributed by atoms with Gasteiger partial charge in [0.05, 0.1) is 5.56 Å². The molecule has 0 heterocycles. The van der Waals surface area contributed by atoms with Gasteiger partial charge in [-0.3, -0.25) is 4.79 Å². The van der Waals surface area contributed by atoms with Gasteiger partial charge in [0.1, 0.15) is 0 Å². The molecule has 112 valence electrons. The van der Waals surface area contributed by atoms with Gasteiger partial charge in [0.15, 0.2) is 17.4 Å². The lowest BCUT2D eigenvalue weighted by Gasteiger charge is -2.27. The van der Waals surface area contributed by atoms with Crippen LogP contribution in [0, 0.1) is 17.5 Å². The van der Waals surface area contributed by atoms with Gasteiger partial charge in [-0.05, 0) is 32.9 Å². The predicted molar refractivity (Wildman–Crippen MR) is 67.8 cm³/mol. The van der Waals surface area contributed by atoms with Gasteiger partial charge in [-0.2, -0.15) is 4.39 Å². The van der Waals surface area contributed by atoms with Gasteiger partial charge in [0, 0.05) is 12.6 Å². The van der Waals surface area contributed by atoms with Crippen LogP contribution in [0.25, 0.3) is 0 Å². The molecular formula is C13H17F3N2O2. The highest BCUT2D eigenvalue weighted by Gasteiger charge is 2.26. The summed E-state index contributed by atoms with van der Waals surface area (Å²) in [6.07, 6.45) is 0.487. The van der Waals surface area contributed by atoms with E-state index in [2.05, 4.69) is 0 Å². The zero-order chi connectivity index (χ0) is 15.4. The van der Waals surface area contributed by atoms with Crippen molar-refractivity contribution in [1.29, 1.82) is 0 Å². The Bertz CT molecular complexity index is 507. The number of rotatable bonds is 5. The summed E-state index contributed by atoms with van der Waals surface area (Å²) in [5.74, 6) is -6.96. The van der Waals surface area contributed by atoms with E-state index in [4.69, 9.17) is 10.8 Å². The summed E-state index contributed by atoms with van der Waals surface area (Å²) in [5, 5.41) is 9.13. The predicted octanol–water partition coefficient (Wildman–Crippen LogP) is 2.01. The molecule has 7 heteroatoms. The van der Waals surface area contributed by atoms with Gasteiger partial charge < -0.3 is 15.7 Å². The molecule has 0 bridgehead atoms. The molecule has 0 spiro atoms. The first kappa shape index (κ1) is 16.3. The molecule has 0 aliphatic rings. The maximum Gasteiger partial charge on any atom is 0.257 e. The Morgan fingerprint density at radius 2 is 1.95 bits per heavy atom. The number of nitrogens with zero attached hydrogens (tertiary/aromatic N) is 1. The zero-order valence-electron chi connectivity index (χ0n) is 11.3. The van der Waals surface area contributed by atoms with Crippen LogP contribution in [0.2, 0.25) is 0 Å². The summed E-state index contributed by atoms with van der Waals surface area (Å²) in [6.45, 7) is 3.99. The fourth-order valence-corrected chi connectivity index (χ4v) is 1.76. The Kier molecular flexibility index (Phi) is 5.38. The van der Waals surface area contributed by atoms with Crippen molar-refractivity contribution in [2.75, 3.05) is 13.1 Å². The first-order valence-electron chi connectivity index (χ1n) is 6.18. The lowest BCUT2D eigenvalue weighted by Crippen LogP contribution is -2.39. The third-order valence-corrected chi connectivity index (χ3v) is 2.85. The normalized spacial score (nSPS) is 10.9. The molecule has 0 unspecified atom stereocenters. The lowest BCUT2D eigenvalue weighted by molar-refractivity contribution is 0.0698. The summed E-state index contributed by atoms with van der Waals surface area (Å²) in [4.78, 5) is 13.5. The van der Waals surface area contributed by atoms with Crippen molar-refractivity contribution in [3.63, 3.8) is 0 Å². The Morgan fingerprint density at radius 3 is 2.45 bits per heavy atom. The van der Waals surface area contributed by atoms with E-state index in [1.54, 1.807) is 13.8 Å². The minimum absolute atomic E-state index is 0.256. The van der Waals surface area contributed by atoms with Crippen LogP contribution >= 0.6 is 0 Å². The second kappa shape index (κ2) is 6.60. The average molecular weight is 290 g/mol. The molecule has 0 aliphatic heterocycles. The van der Waals surface area contributed by atoms with Crippen molar-refractivity contribution in [1.82, 2.24) is 4.90 Å². The summed E-state index contributed by atoms with van der Waals surface area (Å²) < 4.78 is 39.9. The number of hydrogen-bond donors (Lipinski definition) is 2. The van der Waals surface area contributed by atoms with Crippen molar-refractivity contribution in [3.05, 3.63) is 29.1 Å². The van der Waals surface area contributed by atoms with E-state index in [0.29, 0.717) is 19.0 Å². The number of phenols is 1. The number of halogens is 3. The van der Waals surface area contributed by atoms with E-state index in [0.717, 1.165) is 0 Å². The van der Waals surface area contributed by atoms with Crippen LogP contribution in [0.15, 0.2) is 6.07 Å². The summed E-state index contributed by atoms with van der Waals surface area (Å²) in [7, 11) is 0. The molecule has 0 atom stereocenters. The number of nitrogens with two attached hydrogens (primary N) is 1. The van der Waals surface area contributed by atoms with Crippen LogP contribution < -0.4 is 5.73 Å². The number of amides is 1. The fourth-order valence-electron chi connectivity index (χ4n) is 1.76. The summed E-state index contributed by atoms with van der Waals surface area (Å²) in [6, 6.07) is 0.175. The van der Waals surface area contributed by atoms with E-state index in [1.165, 1.54) is 4.90 Å². The molecule has 3 N–H and O–H groups in total. The smallest absolute Gasteiger partial charge is 0.257 e. The van der Waals surface area contributed by atoms with Crippen molar-refractivity contribution < 1.29 is 23.1 Å². The summed E-state index contributed by atoms with van der Waals surface area (Å²) in [5.41, 5.74) is 4.65. The Labute approximate surface area is 115 Å². The maximum absolute atomic E-state index is 13.7. The monoisotopic (exact) mass is 290 g/mol. The van der Waals surface area contributed by atoms with Crippen LogP contribution in [0.4, 0.5) is 13.2 Å². The number of benzene rings is 1.